The van der Waals surface area contributed by atoms with Crippen LogP contribution in [0.3, 0.4) is 0 Å². The van der Waals surface area contributed by atoms with Crippen LogP contribution in [0, 0.1) is 0 Å². The van der Waals surface area contributed by atoms with Crippen LogP contribution in [0.15, 0.2) is 41.2 Å². The Kier molecular flexibility index (Phi) is 4.78. The number of nitrogens with zero attached hydrogens (tertiary/aromatic N) is 3. The van der Waals surface area contributed by atoms with Crippen molar-refractivity contribution in [2.24, 2.45) is 0 Å². The predicted octanol–water partition coefficient (Wildman–Crippen LogP) is 0.377. The van der Waals surface area contributed by atoms with Gasteiger partial charge in [0.2, 0.25) is 0 Å². The molecule has 0 saturated carbocycles. The zero-order valence-electron chi connectivity index (χ0n) is 13.8. The summed E-state index contributed by atoms with van der Waals surface area (Å²) in [5.74, 6) is 0.366. The molecule has 3 rings (SSSR count). The van der Waals surface area contributed by atoms with Crippen LogP contribution in [-0.2, 0) is 0 Å². The number of amides is 2. The number of carbonyl (C=O) groups is 2. The van der Waals surface area contributed by atoms with Gasteiger partial charge in [-0.05, 0) is 30.3 Å². The van der Waals surface area contributed by atoms with Crippen molar-refractivity contribution < 1.29 is 14.3 Å². The van der Waals surface area contributed by atoms with Crippen LogP contribution in [0.25, 0.3) is 0 Å². The molecule has 25 heavy (non-hydrogen) atoms. The molecule has 1 aromatic carbocycles. The van der Waals surface area contributed by atoms with Crippen LogP contribution >= 0.6 is 0 Å². The van der Waals surface area contributed by atoms with E-state index in [0.29, 0.717) is 37.5 Å². The zero-order chi connectivity index (χ0) is 17.8. The highest BCUT2D eigenvalue weighted by Gasteiger charge is 2.26. The molecule has 2 aromatic rings. The predicted molar refractivity (Wildman–Crippen MR) is 89.7 cm³/mol. The van der Waals surface area contributed by atoms with Gasteiger partial charge in [0.1, 0.15) is 11.4 Å². The number of methoxy groups -OCH3 is 1. The van der Waals surface area contributed by atoms with Crippen LogP contribution in [0.5, 0.6) is 5.75 Å². The number of benzene rings is 1. The molecule has 0 bridgehead atoms. The number of aromatic amines is 1. The van der Waals surface area contributed by atoms with Crippen LogP contribution < -0.4 is 10.3 Å². The summed E-state index contributed by atoms with van der Waals surface area (Å²) in [4.78, 5) is 39.2. The smallest absolute Gasteiger partial charge is 0.274 e. The molecule has 1 fully saturated rings. The Morgan fingerprint density at radius 3 is 2.08 bits per heavy atom. The van der Waals surface area contributed by atoms with Crippen LogP contribution in [0.4, 0.5) is 0 Å². The number of rotatable bonds is 3. The van der Waals surface area contributed by atoms with Gasteiger partial charge in [0, 0.05) is 37.8 Å². The van der Waals surface area contributed by atoms with E-state index in [9.17, 15) is 14.4 Å². The molecule has 8 heteroatoms. The van der Waals surface area contributed by atoms with Gasteiger partial charge in [-0.1, -0.05) is 0 Å². The van der Waals surface area contributed by atoms with Crippen molar-refractivity contribution in [1.29, 1.82) is 0 Å². The molecule has 1 saturated heterocycles. The van der Waals surface area contributed by atoms with E-state index >= 15 is 0 Å². The summed E-state index contributed by atoms with van der Waals surface area (Å²) in [6.45, 7) is 1.73. The topological polar surface area (TPSA) is 95.6 Å². The fourth-order valence-corrected chi connectivity index (χ4v) is 2.65. The molecule has 1 aromatic heterocycles. The summed E-state index contributed by atoms with van der Waals surface area (Å²) >= 11 is 0. The van der Waals surface area contributed by atoms with E-state index < -0.39 is 0 Å². The molecule has 0 spiro atoms. The van der Waals surface area contributed by atoms with Crippen molar-refractivity contribution in [2.75, 3.05) is 33.3 Å². The molecule has 1 aliphatic rings. The van der Waals surface area contributed by atoms with Gasteiger partial charge in [0.15, 0.2) is 0 Å². The minimum Gasteiger partial charge on any atom is -0.497 e. The second-order valence-electron chi connectivity index (χ2n) is 5.62. The van der Waals surface area contributed by atoms with Crippen molar-refractivity contribution in [3.8, 4) is 5.75 Å². The van der Waals surface area contributed by atoms with Crippen molar-refractivity contribution in [2.45, 2.75) is 0 Å². The molecular weight excluding hydrogens is 324 g/mol. The third-order valence-corrected chi connectivity index (χ3v) is 4.09. The lowest BCUT2D eigenvalue weighted by molar-refractivity contribution is 0.0531. The van der Waals surface area contributed by atoms with Gasteiger partial charge in [-0.3, -0.25) is 14.4 Å². The summed E-state index contributed by atoms with van der Waals surface area (Å²) in [5, 5.41) is 6.00. The van der Waals surface area contributed by atoms with Gasteiger partial charge in [0.05, 0.1) is 7.11 Å². The third kappa shape index (κ3) is 3.68. The van der Waals surface area contributed by atoms with E-state index in [0.717, 1.165) is 0 Å². The van der Waals surface area contributed by atoms with E-state index in [1.165, 1.54) is 12.1 Å². The number of ether oxygens (including phenoxy) is 1. The minimum atomic E-state index is -0.355. The van der Waals surface area contributed by atoms with E-state index in [1.807, 2.05) is 0 Å². The summed E-state index contributed by atoms with van der Waals surface area (Å²) < 4.78 is 5.09. The molecule has 2 heterocycles. The first-order chi connectivity index (χ1) is 12.1. The highest BCUT2D eigenvalue weighted by atomic mass is 16.5. The average molecular weight is 342 g/mol. The second-order valence-corrected chi connectivity index (χ2v) is 5.62. The number of aromatic nitrogens is 2. The first kappa shape index (κ1) is 16.7. The number of H-pyrrole nitrogens is 1. The Labute approximate surface area is 144 Å². The van der Waals surface area contributed by atoms with Crippen LogP contribution in [0.2, 0.25) is 0 Å². The Hall–Kier alpha value is -3.16. The van der Waals surface area contributed by atoms with Gasteiger partial charge >= 0.3 is 0 Å². The quantitative estimate of drug-likeness (QED) is 0.870. The summed E-state index contributed by atoms with van der Waals surface area (Å²) in [6.07, 6.45) is 0. The monoisotopic (exact) mass is 342 g/mol. The molecule has 0 aliphatic carbocycles. The standard InChI is InChI=1S/C17H18N4O4/c1-25-13-4-2-12(3-5-13)16(23)20-8-10-21(11-9-20)17(24)14-6-7-15(22)19-18-14/h2-7H,8-11H2,1H3,(H,19,22). The molecule has 130 valence electrons. The lowest BCUT2D eigenvalue weighted by atomic mass is 10.1. The molecule has 0 radical (unpaired) electrons. The molecule has 8 nitrogen and oxygen atoms in total. The number of piperazine rings is 1. The van der Waals surface area contributed by atoms with Crippen LogP contribution in [0.1, 0.15) is 20.8 Å². The summed E-state index contributed by atoms with van der Waals surface area (Å²) in [6, 6.07) is 9.61. The van der Waals surface area contributed by atoms with E-state index in [-0.39, 0.29) is 23.1 Å². The first-order valence-electron chi connectivity index (χ1n) is 7.87. The van der Waals surface area contributed by atoms with Gasteiger partial charge in [0.25, 0.3) is 17.4 Å². The van der Waals surface area contributed by atoms with Crippen molar-refractivity contribution in [3.05, 3.63) is 58.0 Å². The minimum absolute atomic E-state index is 0.0723. The molecule has 1 N–H and O–H groups in total. The number of carbonyl (C=O) groups excluding carboxylic acids is 2. The van der Waals surface area contributed by atoms with Gasteiger partial charge in [-0.25, -0.2) is 5.10 Å². The van der Waals surface area contributed by atoms with Crippen molar-refractivity contribution in [3.63, 3.8) is 0 Å². The normalized spacial score (nSPS) is 14.3. The maximum absolute atomic E-state index is 12.5. The number of hydrogen-bond donors (Lipinski definition) is 1. The van der Waals surface area contributed by atoms with Gasteiger partial charge < -0.3 is 14.5 Å². The molecule has 0 unspecified atom stereocenters. The van der Waals surface area contributed by atoms with Gasteiger partial charge in [-0.2, -0.15) is 5.10 Å². The fraction of sp³-hybridized carbons (Fsp3) is 0.294. The van der Waals surface area contributed by atoms with E-state index in [2.05, 4.69) is 10.2 Å². The van der Waals surface area contributed by atoms with Crippen molar-refractivity contribution >= 4 is 11.8 Å². The molecular formula is C17H18N4O4. The lowest BCUT2D eigenvalue weighted by Gasteiger charge is -2.34. The highest BCUT2D eigenvalue weighted by molar-refractivity contribution is 5.95. The number of nitrogens with one attached hydrogen (secondary N) is 1. The molecule has 0 atom stereocenters. The van der Waals surface area contributed by atoms with Gasteiger partial charge in [-0.15, -0.1) is 0 Å². The van der Waals surface area contributed by atoms with Crippen molar-refractivity contribution in [1.82, 2.24) is 20.0 Å². The maximum Gasteiger partial charge on any atom is 0.274 e. The summed E-state index contributed by atoms with van der Waals surface area (Å²) in [7, 11) is 1.57. The van der Waals surface area contributed by atoms with Crippen LogP contribution in [-0.4, -0.2) is 65.1 Å². The van der Waals surface area contributed by atoms with E-state index in [4.69, 9.17) is 4.74 Å². The molecule has 2 amide bonds. The number of hydrogen-bond acceptors (Lipinski definition) is 5. The highest BCUT2D eigenvalue weighted by Crippen LogP contribution is 2.15. The third-order valence-electron chi connectivity index (χ3n) is 4.09. The second kappa shape index (κ2) is 7.16. The van der Waals surface area contributed by atoms with E-state index in [1.54, 1.807) is 41.2 Å². The maximum atomic E-state index is 12.5. The molecule has 1 aliphatic heterocycles. The average Bonchev–Trinajstić information content (AvgIpc) is 2.67. The zero-order valence-corrected chi connectivity index (χ0v) is 13.8. The Bertz CT molecular complexity index is 803. The largest absolute Gasteiger partial charge is 0.497 e. The summed E-state index contributed by atoms with van der Waals surface area (Å²) in [5.41, 5.74) is 0.420. The fourth-order valence-electron chi connectivity index (χ4n) is 2.65. The first-order valence-corrected chi connectivity index (χ1v) is 7.87. The SMILES string of the molecule is COc1ccc(C(=O)N2CCN(C(=O)c3ccc(=O)[nH]n3)CC2)cc1. The lowest BCUT2D eigenvalue weighted by Crippen LogP contribution is -2.50. The Morgan fingerprint density at radius 1 is 0.960 bits per heavy atom. The Balaban J connectivity index is 1.60. The Morgan fingerprint density at radius 2 is 1.56 bits per heavy atom.